The number of hydrogen-bond acceptors (Lipinski definition) is 5. The molecule has 1 aromatic carbocycles. The highest BCUT2D eigenvalue weighted by atomic mass is 16.5. The van der Waals surface area contributed by atoms with Crippen molar-refractivity contribution in [1.82, 2.24) is 11.1 Å². The molecular formula is C14H17N2O5. The second kappa shape index (κ2) is 9.16. The molecule has 0 spiro atoms. The Labute approximate surface area is 122 Å². The summed E-state index contributed by atoms with van der Waals surface area (Å²) in [6, 6.07) is 11.1. The van der Waals surface area contributed by atoms with E-state index in [0.29, 0.717) is 11.3 Å². The zero-order valence-electron chi connectivity index (χ0n) is 11.8. The van der Waals surface area contributed by atoms with Gasteiger partial charge in [-0.2, -0.15) is 4.98 Å². The molecule has 113 valence electrons. The summed E-state index contributed by atoms with van der Waals surface area (Å²) in [4.78, 5) is 13.7. The molecule has 7 heteroatoms. The van der Waals surface area contributed by atoms with Crippen LogP contribution in [0.1, 0.15) is 10.4 Å². The van der Waals surface area contributed by atoms with Crippen molar-refractivity contribution in [3.63, 3.8) is 0 Å². The van der Waals surface area contributed by atoms with Crippen molar-refractivity contribution < 1.29 is 24.5 Å². The highest BCUT2D eigenvalue weighted by Crippen LogP contribution is 2.22. The van der Waals surface area contributed by atoms with E-state index in [0.717, 1.165) is 0 Å². The molecule has 7 nitrogen and oxygen atoms in total. The number of aromatic carboxylic acids is 1. The van der Waals surface area contributed by atoms with Crippen LogP contribution in [0.5, 0.6) is 17.5 Å². The van der Waals surface area contributed by atoms with E-state index in [2.05, 4.69) is 4.98 Å². The molecule has 0 aliphatic rings. The molecule has 0 fully saturated rings. The number of carboxylic acids is 1. The number of rotatable bonds is 3. The lowest BCUT2D eigenvalue weighted by atomic mass is 10.2. The maximum Gasteiger partial charge on any atom is 0.335 e. The van der Waals surface area contributed by atoms with Gasteiger partial charge in [0, 0.05) is 12.1 Å². The first kappa shape index (κ1) is 18.2. The number of hydrogen-bond donors (Lipinski definition) is 2. The van der Waals surface area contributed by atoms with Crippen molar-refractivity contribution in [2.75, 3.05) is 14.2 Å². The average Bonchev–Trinajstić information content (AvgIpc) is 2.48. The SMILES string of the molecule is COc1cc([O])nc(OC)c1.N.O=C(O)c1ccccc1. The number of nitrogens with zero attached hydrogens (tertiary/aromatic N) is 1. The van der Waals surface area contributed by atoms with Gasteiger partial charge in [-0.3, -0.25) is 5.11 Å². The molecule has 0 amide bonds. The molecule has 1 radical (unpaired) electrons. The minimum Gasteiger partial charge on any atom is -0.496 e. The van der Waals surface area contributed by atoms with Crippen LogP contribution in [0.15, 0.2) is 42.5 Å². The highest BCUT2D eigenvalue weighted by Gasteiger charge is 2.01. The maximum atomic E-state index is 10.8. The first-order valence-electron chi connectivity index (χ1n) is 5.62. The Morgan fingerprint density at radius 1 is 1.10 bits per heavy atom. The molecule has 2 rings (SSSR count). The molecule has 0 bridgehead atoms. The molecule has 2 aromatic rings. The summed E-state index contributed by atoms with van der Waals surface area (Å²) in [5.41, 5.74) is 0.331. The van der Waals surface area contributed by atoms with Gasteiger partial charge in [0.1, 0.15) is 5.75 Å². The van der Waals surface area contributed by atoms with Crippen LogP contribution in [0, 0.1) is 0 Å². The minimum atomic E-state index is -0.879. The standard InChI is InChI=1S/C7H8NO3.C7H6O2.H3N/c1-10-5-3-6(9)8-7(4-5)11-2;8-7(9)6-4-2-1-3-5-6;/h3-4H,1-2H3;1-5H,(H,8,9);1H3. The minimum absolute atomic E-state index is 0. The highest BCUT2D eigenvalue weighted by molar-refractivity contribution is 5.87. The lowest BCUT2D eigenvalue weighted by Gasteiger charge is -2.01. The topological polar surface area (TPSA) is 124 Å². The number of benzene rings is 1. The van der Waals surface area contributed by atoms with Crippen molar-refractivity contribution in [3.8, 4) is 17.5 Å². The fourth-order valence-electron chi connectivity index (χ4n) is 1.26. The zero-order chi connectivity index (χ0) is 15.0. The quantitative estimate of drug-likeness (QED) is 0.896. The van der Waals surface area contributed by atoms with E-state index in [-0.39, 0.29) is 17.9 Å². The Morgan fingerprint density at radius 3 is 2.14 bits per heavy atom. The molecule has 0 aliphatic heterocycles. The first-order valence-corrected chi connectivity index (χ1v) is 5.62. The van der Waals surface area contributed by atoms with Crippen molar-refractivity contribution in [2.45, 2.75) is 0 Å². The van der Waals surface area contributed by atoms with Crippen LogP contribution < -0.4 is 15.6 Å². The van der Waals surface area contributed by atoms with Crippen molar-refractivity contribution >= 4 is 5.97 Å². The van der Waals surface area contributed by atoms with Crippen molar-refractivity contribution in [2.24, 2.45) is 0 Å². The van der Waals surface area contributed by atoms with E-state index in [4.69, 9.17) is 14.6 Å². The van der Waals surface area contributed by atoms with Gasteiger partial charge in [-0.15, -0.1) is 0 Å². The Balaban J connectivity index is 0.000000370. The summed E-state index contributed by atoms with van der Waals surface area (Å²) in [6.45, 7) is 0. The summed E-state index contributed by atoms with van der Waals surface area (Å²) in [5.74, 6) is -0.506. The molecular weight excluding hydrogens is 276 g/mol. The van der Waals surface area contributed by atoms with Gasteiger partial charge in [0.05, 0.1) is 19.8 Å². The normalized spacial score (nSPS) is 8.67. The van der Waals surface area contributed by atoms with Gasteiger partial charge in [0.25, 0.3) is 5.88 Å². The van der Waals surface area contributed by atoms with Gasteiger partial charge in [-0.1, -0.05) is 18.2 Å². The molecule has 0 unspecified atom stereocenters. The Bertz CT molecular complexity index is 538. The van der Waals surface area contributed by atoms with Gasteiger partial charge < -0.3 is 20.7 Å². The summed E-state index contributed by atoms with van der Waals surface area (Å²) >= 11 is 0. The van der Waals surface area contributed by atoms with E-state index >= 15 is 0 Å². The van der Waals surface area contributed by atoms with E-state index in [1.807, 2.05) is 0 Å². The number of pyridine rings is 1. The third-order valence-electron chi connectivity index (χ3n) is 2.22. The van der Waals surface area contributed by atoms with Crippen LogP contribution in [0.4, 0.5) is 0 Å². The smallest absolute Gasteiger partial charge is 0.335 e. The van der Waals surface area contributed by atoms with E-state index in [9.17, 15) is 9.90 Å². The van der Waals surface area contributed by atoms with Crippen molar-refractivity contribution in [3.05, 3.63) is 48.0 Å². The second-order valence-corrected chi connectivity index (χ2v) is 3.56. The van der Waals surface area contributed by atoms with Gasteiger partial charge in [-0.25, -0.2) is 4.79 Å². The monoisotopic (exact) mass is 293 g/mol. The van der Waals surface area contributed by atoms with Crippen LogP contribution in [0.3, 0.4) is 0 Å². The van der Waals surface area contributed by atoms with Crippen LogP contribution in [-0.4, -0.2) is 30.3 Å². The molecule has 0 saturated carbocycles. The first-order chi connectivity index (χ1) is 9.56. The van der Waals surface area contributed by atoms with E-state index in [1.165, 1.54) is 20.3 Å². The van der Waals surface area contributed by atoms with Crippen LogP contribution in [-0.2, 0) is 5.11 Å². The molecule has 4 N–H and O–H groups in total. The van der Waals surface area contributed by atoms with Gasteiger partial charge in [0.15, 0.2) is 0 Å². The third kappa shape index (κ3) is 6.26. The fourth-order valence-corrected chi connectivity index (χ4v) is 1.26. The molecule has 1 heterocycles. The van der Waals surface area contributed by atoms with E-state index in [1.54, 1.807) is 36.4 Å². The predicted molar refractivity (Wildman–Crippen MR) is 75.9 cm³/mol. The number of carbonyl (C=O) groups is 1. The molecule has 1 aromatic heterocycles. The third-order valence-corrected chi connectivity index (χ3v) is 2.22. The Kier molecular flexibility index (Phi) is 7.94. The molecule has 0 atom stereocenters. The van der Waals surface area contributed by atoms with Gasteiger partial charge in [0.2, 0.25) is 5.88 Å². The van der Waals surface area contributed by atoms with Crippen LogP contribution >= 0.6 is 0 Å². The molecule has 0 saturated heterocycles. The molecule has 21 heavy (non-hydrogen) atoms. The summed E-state index contributed by atoms with van der Waals surface area (Å²) in [7, 11) is 2.93. The summed E-state index contributed by atoms with van der Waals surface area (Å²) < 4.78 is 9.56. The lowest BCUT2D eigenvalue weighted by Crippen LogP contribution is -1.93. The van der Waals surface area contributed by atoms with Crippen LogP contribution in [0.2, 0.25) is 0 Å². The zero-order valence-corrected chi connectivity index (χ0v) is 11.8. The van der Waals surface area contributed by atoms with Crippen molar-refractivity contribution in [1.29, 1.82) is 0 Å². The Morgan fingerprint density at radius 2 is 1.71 bits per heavy atom. The summed E-state index contributed by atoms with van der Waals surface area (Å²) in [5, 5.41) is 19.1. The molecule has 0 aliphatic carbocycles. The largest absolute Gasteiger partial charge is 0.496 e. The number of methoxy groups -OCH3 is 2. The predicted octanol–water partition coefficient (Wildman–Crippen LogP) is 2.79. The number of carboxylic acid groups (broad SMARTS) is 1. The summed E-state index contributed by atoms with van der Waals surface area (Å²) in [6.07, 6.45) is 0. The van der Waals surface area contributed by atoms with Gasteiger partial charge in [-0.05, 0) is 12.1 Å². The Hall–Kier alpha value is -2.80. The number of ether oxygens (including phenoxy) is 2. The fraction of sp³-hybridized carbons (Fsp3) is 0.143. The lowest BCUT2D eigenvalue weighted by molar-refractivity contribution is 0.0697. The maximum absolute atomic E-state index is 10.8. The second-order valence-electron chi connectivity index (χ2n) is 3.56. The van der Waals surface area contributed by atoms with Crippen LogP contribution in [0.25, 0.3) is 0 Å². The average molecular weight is 293 g/mol. The number of aromatic nitrogens is 1. The van der Waals surface area contributed by atoms with Gasteiger partial charge >= 0.3 is 5.97 Å². The van der Waals surface area contributed by atoms with E-state index < -0.39 is 5.97 Å².